The smallest absolute Gasteiger partial charge is 0.0220 e. The van der Waals surface area contributed by atoms with E-state index in [-0.39, 0.29) is 0 Å². The van der Waals surface area contributed by atoms with E-state index in [0.29, 0.717) is 12.1 Å². The fourth-order valence-electron chi connectivity index (χ4n) is 2.64. The summed E-state index contributed by atoms with van der Waals surface area (Å²) in [6, 6.07) is 1.20. The quantitative estimate of drug-likeness (QED) is 0.687. The Morgan fingerprint density at radius 1 is 1.36 bits per heavy atom. The largest absolute Gasteiger partial charge is 0.329 e. The first kappa shape index (κ1) is 12.0. The minimum atomic E-state index is 0.569. The second kappa shape index (κ2) is 6.41. The van der Waals surface area contributed by atoms with Crippen LogP contribution in [0.5, 0.6) is 0 Å². The summed E-state index contributed by atoms with van der Waals surface area (Å²) in [6.07, 6.45) is 8.11. The molecule has 84 valence electrons. The normalized spacial score (nSPS) is 22.5. The minimum absolute atomic E-state index is 0.569. The van der Waals surface area contributed by atoms with Crippen LogP contribution in [0.4, 0.5) is 0 Å². The van der Waals surface area contributed by atoms with Crippen molar-refractivity contribution >= 4 is 0 Å². The van der Waals surface area contributed by atoms with Gasteiger partial charge in [0.2, 0.25) is 0 Å². The van der Waals surface area contributed by atoms with Crippen molar-refractivity contribution < 1.29 is 0 Å². The molecular formula is C12H26N2. The Labute approximate surface area is 88.6 Å². The molecule has 0 aromatic carbocycles. The first-order valence-electron chi connectivity index (χ1n) is 6.24. The van der Waals surface area contributed by atoms with Crippen molar-refractivity contribution in [3.8, 4) is 0 Å². The summed E-state index contributed by atoms with van der Waals surface area (Å²) in [4.78, 5) is 0. The average molecular weight is 198 g/mol. The highest BCUT2D eigenvalue weighted by molar-refractivity contribution is 4.83. The van der Waals surface area contributed by atoms with E-state index in [4.69, 9.17) is 5.73 Å². The minimum Gasteiger partial charge on any atom is -0.329 e. The Balaban J connectivity index is 2.29. The van der Waals surface area contributed by atoms with Crippen LogP contribution in [0.1, 0.15) is 52.4 Å². The van der Waals surface area contributed by atoms with Crippen molar-refractivity contribution in [1.29, 1.82) is 0 Å². The number of hydrogen-bond acceptors (Lipinski definition) is 2. The lowest BCUT2D eigenvalue weighted by atomic mass is 9.97. The second-order valence-electron chi connectivity index (χ2n) is 4.74. The third kappa shape index (κ3) is 3.58. The van der Waals surface area contributed by atoms with Gasteiger partial charge in [0.15, 0.2) is 0 Å². The highest BCUT2D eigenvalue weighted by Crippen LogP contribution is 2.27. The number of rotatable bonds is 6. The number of hydrogen-bond donors (Lipinski definition) is 2. The molecular weight excluding hydrogens is 172 g/mol. The Hall–Kier alpha value is -0.0800. The van der Waals surface area contributed by atoms with Gasteiger partial charge in [-0.05, 0) is 32.1 Å². The van der Waals surface area contributed by atoms with E-state index in [9.17, 15) is 0 Å². The first-order valence-corrected chi connectivity index (χ1v) is 6.24. The van der Waals surface area contributed by atoms with Crippen LogP contribution in [0.2, 0.25) is 0 Å². The lowest BCUT2D eigenvalue weighted by Crippen LogP contribution is -2.45. The lowest BCUT2D eigenvalue weighted by molar-refractivity contribution is 0.326. The molecule has 14 heavy (non-hydrogen) atoms. The molecule has 0 aromatic rings. The fourth-order valence-corrected chi connectivity index (χ4v) is 2.64. The monoisotopic (exact) mass is 198 g/mol. The maximum atomic E-state index is 5.83. The Morgan fingerprint density at radius 2 is 2.00 bits per heavy atom. The second-order valence-corrected chi connectivity index (χ2v) is 4.74. The maximum Gasteiger partial charge on any atom is 0.0220 e. The lowest BCUT2D eigenvalue weighted by Gasteiger charge is -2.27. The van der Waals surface area contributed by atoms with E-state index in [0.717, 1.165) is 12.5 Å². The van der Waals surface area contributed by atoms with Crippen LogP contribution >= 0.6 is 0 Å². The highest BCUT2D eigenvalue weighted by atomic mass is 15.0. The molecule has 1 aliphatic rings. The van der Waals surface area contributed by atoms with Crippen LogP contribution in [0.3, 0.4) is 0 Å². The Kier molecular flexibility index (Phi) is 5.49. The van der Waals surface area contributed by atoms with E-state index in [1.165, 1.54) is 38.5 Å². The summed E-state index contributed by atoms with van der Waals surface area (Å²) >= 11 is 0. The molecule has 2 heteroatoms. The van der Waals surface area contributed by atoms with Gasteiger partial charge in [-0.25, -0.2) is 0 Å². The molecule has 0 aromatic heterocycles. The van der Waals surface area contributed by atoms with E-state index in [1.807, 2.05) is 0 Å². The third-order valence-electron chi connectivity index (χ3n) is 3.44. The van der Waals surface area contributed by atoms with Crippen molar-refractivity contribution in [2.75, 3.05) is 6.54 Å². The van der Waals surface area contributed by atoms with Gasteiger partial charge in [-0.3, -0.25) is 0 Å². The Morgan fingerprint density at radius 3 is 2.50 bits per heavy atom. The van der Waals surface area contributed by atoms with Gasteiger partial charge >= 0.3 is 0 Å². The van der Waals surface area contributed by atoms with Crippen molar-refractivity contribution in [1.82, 2.24) is 5.32 Å². The summed E-state index contributed by atoms with van der Waals surface area (Å²) in [5.74, 6) is 0.847. The van der Waals surface area contributed by atoms with Crippen LogP contribution < -0.4 is 11.1 Å². The molecule has 0 spiro atoms. The summed E-state index contributed by atoms with van der Waals surface area (Å²) in [6.45, 7) is 5.32. The van der Waals surface area contributed by atoms with Crippen molar-refractivity contribution in [3.63, 3.8) is 0 Å². The van der Waals surface area contributed by atoms with E-state index in [2.05, 4.69) is 19.2 Å². The highest BCUT2D eigenvalue weighted by Gasteiger charge is 2.24. The molecule has 1 saturated carbocycles. The van der Waals surface area contributed by atoms with Crippen LogP contribution in [0.15, 0.2) is 0 Å². The molecule has 2 nitrogen and oxygen atoms in total. The molecule has 1 rings (SSSR count). The molecule has 0 radical (unpaired) electrons. The maximum absolute atomic E-state index is 5.83. The zero-order valence-corrected chi connectivity index (χ0v) is 9.76. The van der Waals surface area contributed by atoms with E-state index in [1.54, 1.807) is 0 Å². The van der Waals surface area contributed by atoms with Gasteiger partial charge in [0.25, 0.3) is 0 Å². The predicted molar refractivity (Wildman–Crippen MR) is 62.3 cm³/mol. The number of nitrogens with two attached hydrogens (primary N) is 1. The molecule has 0 heterocycles. The molecule has 0 aliphatic heterocycles. The summed E-state index contributed by atoms with van der Waals surface area (Å²) in [5, 5.41) is 3.68. The molecule has 2 unspecified atom stereocenters. The molecule has 0 amide bonds. The van der Waals surface area contributed by atoms with Crippen LogP contribution in [-0.4, -0.2) is 18.6 Å². The van der Waals surface area contributed by atoms with Gasteiger partial charge in [-0.2, -0.15) is 0 Å². The molecule has 0 bridgehead atoms. The van der Waals surface area contributed by atoms with E-state index >= 15 is 0 Å². The molecule has 0 saturated heterocycles. The van der Waals surface area contributed by atoms with Gasteiger partial charge in [0.1, 0.15) is 0 Å². The van der Waals surface area contributed by atoms with Crippen molar-refractivity contribution in [3.05, 3.63) is 0 Å². The molecule has 1 aliphatic carbocycles. The molecule has 1 fully saturated rings. The molecule has 2 atom stereocenters. The summed E-state index contributed by atoms with van der Waals surface area (Å²) in [5.41, 5.74) is 5.83. The van der Waals surface area contributed by atoms with Gasteiger partial charge in [-0.15, -0.1) is 0 Å². The average Bonchev–Trinajstić information content (AvgIpc) is 2.67. The van der Waals surface area contributed by atoms with Crippen LogP contribution in [0, 0.1) is 5.92 Å². The predicted octanol–water partition coefficient (Wildman–Crippen LogP) is 2.28. The number of nitrogens with one attached hydrogen (secondary N) is 1. The van der Waals surface area contributed by atoms with Crippen molar-refractivity contribution in [2.24, 2.45) is 11.7 Å². The Bertz CT molecular complexity index is 141. The molecule has 3 N–H and O–H groups in total. The van der Waals surface area contributed by atoms with Crippen molar-refractivity contribution in [2.45, 2.75) is 64.5 Å². The SMILES string of the molecule is CCCC(C)NC(CN)C1CCCC1. The van der Waals surface area contributed by atoms with Gasteiger partial charge in [0.05, 0.1) is 0 Å². The van der Waals surface area contributed by atoms with Gasteiger partial charge in [0, 0.05) is 18.6 Å². The van der Waals surface area contributed by atoms with Gasteiger partial charge in [-0.1, -0.05) is 26.2 Å². The summed E-state index contributed by atoms with van der Waals surface area (Å²) < 4.78 is 0. The zero-order chi connectivity index (χ0) is 10.4. The first-order chi connectivity index (χ1) is 6.77. The topological polar surface area (TPSA) is 38.0 Å². The van der Waals surface area contributed by atoms with Crippen LogP contribution in [-0.2, 0) is 0 Å². The summed E-state index contributed by atoms with van der Waals surface area (Å²) in [7, 11) is 0. The third-order valence-corrected chi connectivity index (χ3v) is 3.44. The van der Waals surface area contributed by atoms with E-state index < -0.39 is 0 Å². The fraction of sp³-hybridized carbons (Fsp3) is 1.00. The van der Waals surface area contributed by atoms with Crippen LogP contribution in [0.25, 0.3) is 0 Å². The standard InChI is InChI=1S/C12H26N2/c1-3-6-10(2)14-12(9-13)11-7-4-5-8-11/h10-12,14H,3-9,13H2,1-2H3. The van der Waals surface area contributed by atoms with Gasteiger partial charge < -0.3 is 11.1 Å². The zero-order valence-electron chi connectivity index (χ0n) is 9.76.